The Morgan fingerprint density at radius 3 is 2.67 bits per heavy atom. The number of hydroxylamine groups is 1. The first-order chi connectivity index (χ1) is 8.75. The highest BCUT2D eigenvalue weighted by Crippen LogP contribution is 2.01. The van der Waals surface area contributed by atoms with Gasteiger partial charge in [-0.05, 0) is 24.6 Å². The summed E-state index contributed by atoms with van der Waals surface area (Å²) < 4.78 is 0. The number of aryl methyl sites for hydroxylation is 1. The summed E-state index contributed by atoms with van der Waals surface area (Å²) in [6.45, 7) is 2.21. The monoisotopic (exact) mass is 242 g/mol. The summed E-state index contributed by atoms with van der Waals surface area (Å²) in [5.74, 6) is -0.293. The highest BCUT2D eigenvalue weighted by atomic mass is 16.6. The molecular formula is C14H14N2O2. The van der Waals surface area contributed by atoms with Gasteiger partial charge in [-0.15, -0.1) is 0 Å². The summed E-state index contributed by atoms with van der Waals surface area (Å²) >= 11 is 0. The van der Waals surface area contributed by atoms with Crippen LogP contribution in [0.15, 0.2) is 48.7 Å². The van der Waals surface area contributed by atoms with E-state index in [2.05, 4.69) is 10.5 Å². The molecule has 0 saturated heterocycles. The van der Waals surface area contributed by atoms with E-state index in [4.69, 9.17) is 4.84 Å². The van der Waals surface area contributed by atoms with E-state index in [9.17, 15) is 4.79 Å². The minimum atomic E-state index is -0.293. The van der Waals surface area contributed by atoms with Gasteiger partial charge in [0.2, 0.25) is 0 Å². The molecule has 0 aliphatic rings. The minimum Gasteiger partial charge on any atom is -0.269 e. The highest BCUT2D eigenvalue weighted by Gasteiger charge is 2.05. The van der Waals surface area contributed by atoms with Crippen molar-refractivity contribution in [2.24, 2.45) is 0 Å². The van der Waals surface area contributed by atoms with Crippen molar-refractivity contribution in [3.05, 3.63) is 65.5 Å². The molecule has 0 atom stereocenters. The van der Waals surface area contributed by atoms with Gasteiger partial charge in [-0.25, -0.2) is 5.48 Å². The molecule has 4 heteroatoms. The van der Waals surface area contributed by atoms with Crippen molar-refractivity contribution < 1.29 is 9.63 Å². The predicted octanol–water partition coefficient (Wildman–Crippen LogP) is 2.25. The maximum atomic E-state index is 11.7. The molecule has 0 bridgehead atoms. The van der Waals surface area contributed by atoms with Crippen molar-refractivity contribution in [1.29, 1.82) is 0 Å². The first kappa shape index (κ1) is 12.3. The molecule has 1 heterocycles. The summed E-state index contributed by atoms with van der Waals surface area (Å²) in [6.07, 6.45) is 1.52. The summed E-state index contributed by atoms with van der Waals surface area (Å²) in [5.41, 5.74) is 4.74. The van der Waals surface area contributed by atoms with Crippen LogP contribution in [-0.4, -0.2) is 10.9 Å². The fraction of sp³-hybridized carbons (Fsp3) is 0.143. The van der Waals surface area contributed by atoms with E-state index in [1.807, 2.05) is 37.3 Å². The van der Waals surface area contributed by atoms with Crippen molar-refractivity contribution in [2.45, 2.75) is 13.5 Å². The lowest BCUT2D eigenvalue weighted by atomic mass is 10.2. The third-order valence-corrected chi connectivity index (χ3v) is 2.42. The molecule has 0 unspecified atom stereocenters. The van der Waals surface area contributed by atoms with Crippen LogP contribution in [0.4, 0.5) is 0 Å². The van der Waals surface area contributed by atoms with Crippen molar-refractivity contribution in [3.8, 4) is 0 Å². The molecule has 0 fully saturated rings. The number of amides is 1. The fourth-order valence-corrected chi connectivity index (χ4v) is 1.42. The molecule has 0 saturated carbocycles. The summed E-state index contributed by atoms with van der Waals surface area (Å²) in [7, 11) is 0. The van der Waals surface area contributed by atoms with Crippen LogP contribution in [0.2, 0.25) is 0 Å². The summed E-state index contributed by atoms with van der Waals surface area (Å²) in [4.78, 5) is 20.9. The van der Waals surface area contributed by atoms with Crippen molar-refractivity contribution >= 4 is 5.91 Å². The molecular weight excluding hydrogens is 228 g/mol. The van der Waals surface area contributed by atoms with Crippen LogP contribution in [0.1, 0.15) is 21.6 Å². The third-order valence-electron chi connectivity index (χ3n) is 2.42. The molecule has 1 amide bonds. The zero-order valence-corrected chi connectivity index (χ0v) is 10.1. The number of carbonyl (C=O) groups excluding carboxylic acids is 1. The second kappa shape index (κ2) is 5.93. The number of hydrogen-bond acceptors (Lipinski definition) is 3. The summed E-state index contributed by atoms with van der Waals surface area (Å²) in [6, 6.07) is 13.1. The van der Waals surface area contributed by atoms with Crippen LogP contribution >= 0.6 is 0 Å². The van der Waals surface area contributed by atoms with Gasteiger partial charge < -0.3 is 0 Å². The Bertz CT molecular complexity index is 509. The van der Waals surface area contributed by atoms with Gasteiger partial charge in [0, 0.05) is 11.9 Å². The lowest BCUT2D eigenvalue weighted by Gasteiger charge is -2.05. The molecule has 1 aromatic heterocycles. The number of pyridine rings is 1. The van der Waals surface area contributed by atoms with E-state index < -0.39 is 0 Å². The van der Waals surface area contributed by atoms with Crippen molar-refractivity contribution in [1.82, 2.24) is 10.5 Å². The molecule has 4 nitrogen and oxygen atoms in total. The van der Waals surface area contributed by atoms with Crippen LogP contribution in [0, 0.1) is 6.92 Å². The second-order valence-electron chi connectivity index (χ2n) is 3.89. The Hall–Kier alpha value is -2.20. The Balaban J connectivity index is 1.84. The normalized spacial score (nSPS) is 10.1. The van der Waals surface area contributed by atoms with E-state index in [0.717, 1.165) is 11.3 Å². The number of benzene rings is 1. The van der Waals surface area contributed by atoms with Gasteiger partial charge >= 0.3 is 0 Å². The van der Waals surface area contributed by atoms with Gasteiger partial charge in [-0.1, -0.05) is 30.3 Å². The van der Waals surface area contributed by atoms with Crippen LogP contribution in [0.3, 0.4) is 0 Å². The van der Waals surface area contributed by atoms with Crippen molar-refractivity contribution in [2.75, 3.05) is 0 Å². The Morgan fingerprint density at radius 2 is 2.00 bits per heavy atom. The van der Waals surface area contributed by atoms with Crippen LogP contribution in [0.5, 0.6) is 0 Å². The predicted molar refractivity (Wildman–Crippen MR) is 67.7 cm³/mol. The lowest BCUT2D eigenvalue weighted by Crippen LogP contribution is -2.23. The maximum Gasteiger partial charge on any atom is 0.276 e. The standard InChI is InChI=1S/C14H14N2O2/c1-11-7-8-13(9-15-11)14(17)16-18-10-12-5-3-2-4-6-12/h2-9H,10H2,1H3,(H,16,17). The first-order valence-corrected chi connectivity index (χ1v) is 5.64. The van der Waals surface area contributed by atoms with Crippen LogP contribution in [-0.2, 0) is 11.4 Å². The van der Waals surface area contributed by atoms with Crippen LogP contribution in [0.25, 0.3) is 0 Å². The third kappa shape index (κ3) is 3.40. The quantitative estimate of drug-likeness (QED) is 0.837. The maximum absolute atomic E-state index is 11.7. The highest BCUT2D eigenvalue weighted by molar-refractivity contribution is 5.93. The van der Waals surface area contributed by atoms with E-state index in [1.165, 1.54) is 6.20 Å². The van der Waals surface area contributed by atoms with Gasteiger partial charge in [0.1, 0.15) is 0 Å². The Labute approximate surface area is 106 Å². The molecule has 0 aliphatic carbocycles. The van der Waals surface area contributed by atoms with E-state index in [-0.39, 0.29) is 5.91 Å². The second-order valence-corrected chi connectivity index (χ2v) is 3.89. The van der Waals surface area contributed by atoms with E-state index in [0.29, 0.717) is 12.2 Å². The first-order valence-electron chi connectivity index (χ1n) is 5.64. The van der Waals surface area contributed by atoms with Crippen molar-refractivity contribution in [3.63, 3.8) is 0 Å². The molecule has 92 valence electrons. The zero-order chi connectivity index (χ0) is 12.8. The van der Waals surface area contributed by atoms with Crippen LogP contribution < -0.4 is 5.48 Å². The number of rotatable bonds is 4. The Kier molecular flexibility index (Phi) is 4.04. The number of hydrogen-bond donors (Lipinski definition) is 1. The molecule has 0 spiro atoms. The van der Waals surface area contributed by atoms with Gasteiger partial charge in [0.05, 0.1) is 12.2 Å². The molecule has 1 aromatic carbocycles. The fourth-order valence-electron chi connectivity index (χ4n) is 1.42. The lowest BCUT2D eigenvalue weighted by molar-refractivity contribution is 0.0233. The zero-order valence-electron chi connectivity index (χ0n) is 10.1. The smallest absolute Gasteiger partial charge is 0.269 e. The number of aromatic nitrogens is 1. The Morgan fingerprint density at radius 1 is 1.22 bits per heavy atom. The molecule has 0 aliphatic heterocycles. The summed E-state index contributed by atoms with van der Waals surface area (Å²) in [5, 5.41) is 0. The molecule has 2 aromatic rings. The number of nitrogens with zero attached hydrogens (tertiary/aromatic N) is 1. The largest absolute Gasteiger partial charge is 0.276 e. The van der Waals surface area contributed by atoms with Gasteiger partial charge in [0.25, 0.3) is 5.91 Å². The van der Waals surface area contributed by atoms with Gasteiger partial charge in [-0.2, -0.15) is 0 Å². The van der Waals surface area contributed by atoms with Gasteiger partial charge in [-0.3, -0.25) is 14.6 Å². The van der Waals surface area contributed by atoms with E-state index in [1.54, 1.807) is 12.1 Å². The minimum absolute atomic E-state index is 0.293. The average molecular weight is 242 g/mol. The number of carbonyl (C=O) groups is 1. The molecule has 2 rings (SSSR count). The SMILES string of the molecule is Cc1ccc(C(=O)NOCc2ccccc2)cn1. The number of nitrogens with one attached hydrogen (secondary N) is 1. The molecule has 18 heavy (non-hydrogen) atoms. The average Bonchev–Trinajstić information content (AvgIpc) is 2.40. The molecule has 0 radical (unpaired) electrons. The topological polar surface area (TPSA) is 51.2 Å². The van der Waals surface area contributed by atoms with Gasteiger partial charge in [0.15, 0.2) is 0 Å². The molecule has 1 N–H and O–H groups in total. The van der Waals surface area contributed by atoms with E-state index >= 15 is 0 Å².